The minimum atomic E-state index is 0.0213. The van der Waals surface area contributed by atoms with E-state index >= 15 is 0 Å². The maximum Gasteiger partial charge on any atom is 0.170 e. The Morgan fingerprint density at radius 3 is 2.83 bits per heavy atom. The molecule has 0 amide bonds. The molecule has 1 heterocycles. The summed E-state index contributed by atoms with van der Waals surface area (Å²) in [6, 6.07) is 5.14. The molecule has 0 unspecified atom stereocenters. The van der Waals surface area contributed by atoms with Crippen molar-refractivity contribution in [3.05, 3.63) is 47.4 Å². The van der Waals surface area contributed by atoms with Gasteiger partial charge in [0, 0.05) is 22.9 Å². The SMILES string of the molecule is NC(=NO)c1ccc(Sc2cnccn2)c(Cl)c1. The summed E-state index contributed by atoms with van der Waals surface area (Å²) >= 11 is 7.51. The second-order valence-electron chi connectivity index (χ2n) is 3.28. The maximum atomic E-state index is 8.58. The molecule has 0 spiro atoms. The van der Waals surface area contributed by atoms with E-state index in [2.05, 4.69) is 15.1 Å². The van der Waals surface area contributed by atoms with E-state index in [0.29, 0.717) is 10.6 Å². The van der Waals surface area contributed by atoms with Gasteiger partial charge < -0.3 is 10.9 Å². The van der Waals surface area contributed by atoms with E-state index in [1.165, 1.54) is 11.8 Å². The smallest absolute Gasteiger partial charge is 0.170 e. The number of hydrogen-bond donors (Lipinski definition) is 2. The number of benzene rings is 1. The van der Waals surface area contributed by atoms with Crippen LogP contribution in [-0.4, -0.2) is 21.0 Å². The highest BCUT2D eigenvalue weighted by atomic mass is 35.5. The largest absolute Gasteiger partial charge is 0.409 e. The summed E-state index contributed by atoms with van der Waals surface area (Å²) in [5.74, 6) is 0.0213. The quantitative estimate of drug-likeness (QED) is 0.390. The van der Waals surface area contributed by atoms with Crippen LogP contribution in [0.4, 0.5) is 0 Å². The van der Waals surface area contributed by atoms with Gasteiger partial charge in [0.15, 0.2) is 5.84 Å². The Hall–Kier alpha value is -1.79. The van der Waals surface area contributed by atoms with Crippen LogP contribution in [0, 0.1) is 0 Å². The molecular formula is C11H9ClN4OS. The van der Waals surface area contributed by atoms with E-state index in [-0.39, 0.29) is 5.84 Å². The van der Waals surface area contributed by atoms with Crippen LogP contribution < -0.4 is 5.73 Å². The van der Waals surface area contributed by atoms with E-state index in [4.69, 9.17) is 22.5 Å². The second kappa shape index (κ2) is 5.70. The van der Waals surface area contributed by atoms with Crippen LogP contribution >= 0.6 is 23.4 Å². The minimum Gasteiger partial charge on any atom is -0.409 e. The number of oxime groups is 1. The Labute approximate surface area is 113 Å². The lowest BCUT2D eigenvalue weighted by atomic mass is 10.2. The Morgan fingerprint density at radius 2 is 2.22 bits per heavy atom. The van der Waals surface area contributed by atoms with E-state index in [0.717, 1.165) is 9.92 Å². The maximum absolute atomic E-state index is 8.58. The molecule has 1 aromatic carbocycles. The molecule has 0 radical (unpaired) electrons. The number of nitrogens with two attached hydrogens (primary N) is 1. The number of aromatic nitrogens is 2. The van der Waals surface area contributed by atoms with E-state index < -0.39 is 0 Å². The Balaban J connectivity index is 2.26. The molecule has 0 aliphatic heterocycles. The summed E-state index contributed by atoms with van der Waals surface area (Å²) in [7, 11) is 0. The average molecular weight is 281 g/mol. The molecule has 0 aliphatic rings. The predicted octanol–water partition coefficient (Wildman–Crippen LogP) is 2.38. The van der Waals surface area contributed by atoms with Crippen molar-refractivity contribution in [1.29, 1.82) is 0 Å². The van der Waals surface area contributed by atoms with Crippen LogP contribution in [0.3, 0.4) is 0 Å². The topological polar surface area (TPSA) is 84.4 Å². The Kier molecular flexibility index (Phi) is 4.01. The molecule has 3 N–H and O–H groups in total. The monoisotopic (exact) mass is 280 g/mol. The van der Waals surface area contributed by atoms with Crippen molar-refractivity contribution in [3.8, 4) is 0 Å². The third kappa shape index (κ3) is 2.91. The number of amidine groups is 1. The van der Waals surface area contributed by atoms with Crippen LogP contribution in [0.15, 0.2) is 51.9 Å². The van der Waals surface area contributed by atoms with E-state index in [1.807, 2.05) is 0 Å². The zero-order chi connectivity index (χ0) is 13.0. The number of hydrogen-bond acceptors (Lipinski definition) is 5. The third-order valence-electron chi connectivity index (χ3n) is 2.09. The lowest BCUT2D eigenvalue weighted by Gasteiger charge is -2.05. The standard InChI is InChI=1S/C11H9ClN4OS/c12-8-5-7(11(13)16-17)1-2-9(8)18-10-6-14-3-4-15-10/h1-6,17H,(H2,13,16). The molecule has 0 bridgehead atoms. The van der Waals surface area contributed by atoms with Crippen molar-refractivity contribution < 1.29 is 5.21 Å². The molecule has 0 saturated heterocycles. The van der Waals surface area contributed by atoms with E-state index in [1.54, 1.807) is 36.8 Å². The van der Waals surface area contributed by atoms with Crippen LogP contribution in [0.2, 0.25) is 5.02 Å². The first-order valence-corrected chi connectivity index (χ1v) is 6.11. The van der Waals surface area contributed by atoms with Crippen LogP contribution in [-0.2, 0) is 0 Å². The van der Waals surface area contributed by atoms with Crippen LogP contribution in [0.1, 0.15) is 5.56 Å². The highest BCUT2D eigenvalue weighted by Crippen LogP contribution is 2.32. The minimum absolute atomic E-state index is 0.0213. The molecule has 0 fully saturated rings. The lowest BCUT2D eigenvalue weighted by Crippen LogP contribution is -2.12. The second-order valence-corrected chi connectivity index (χ2v) is 4.75. The van der Waals surface area contributed by atoms with Gasteiger partial charge in [-0.2, -0.15) is 0 Å². The van der Waals surface area contributed by atoms with Crippen molar-refractivity contribution in [3.63, 3.8) is 0 Å². The van der Waals surface area contributed by atoms with Crippen molar-refractivity contribution >= 4 is 29.2 Å². The molecular weight excluding hydrogens is 272 g/mol. The first-order valence-electron chi connectivity index (χ1n) is 4.92. The summed E-state index contributed by atoms with van der Waals surface area (Å²) in [4.78, 5) is 8.94. The molecule has 0 atom stereocenters. The first-order chi connectivity index (χ1) is 8.70. The fourth-order valence-corrected chi connectivity index (χ4v) is 2.29. The molecule has 7 heteroatoms. The van der Waals surface area contributed by atoms with Crippen molar-refractivity contribution in [2.45, 2.75) is 9.92 Å². The predicted molar refractivity (Wildman–Crippen MR) is 70.1 cm³/mol. The third-order valence-corrected chi connectivity index (χ3v) is 3.51. The van der Waals surface area contributed by atoms with Gasteiger partial charge >= 0.3 is 0 Å². The fraction of sp³-hybridized carbons (Fsp3) is 0. The summed E-state index contributed by atoms with van der Waals surface area (Å²) in [5.41, 5.74) is 6.04. The zero-order valence-corrected chi connectivity index (χ0v) is 10.7. The van der Waals surface area contributed by atoms with Crippen LogP contribution in [0.25, 0.3) is 0 Å². The molecule has 0 saturated carbocycles. The van der Waals surface area contributed by atoms with Crippen molar-refractivity contribution in [1.82, 2.24) is 9.97 Å². The molecule has 18 heavy (non-hydrogen) atoms. The molecule has 2 rings (SSSR count). The molecule has 0 aliphatic carbocycles. The number of halogens is 1. The van der Waals surface area contributed by atoms with Crippen LogP contribution in [0.5, 0.6) is 0 Å². The summed E-state index contributed by atoms with van der Waals surface area (Å²) in [6.45, 7) is 0. The van der Waals surface area contributed by atoms with E-state index in [9.17, 15) is 0 Å². The van der Waals surface area contributed by atoms with Gasteiger partial charge in [-0.25, -0.2) is 4.98 Å². The normalized spacial score (nSPS) is 11.5. The summed E-state index contributed by atoms with van der Waals surface area (Å²) in [5, 5.41) is 12.8. The molecule has 1 aromatic heterocycles. The van der Waals surface area contributed by atoms with Gasteiger partial charge in [-0.1, -0.05) is 28.5 Å². The highest BCUT2D eigenvalue weighted by Gasteiger charge is 2.07. The average Bonchev–Trinajstić information content (AvgIpc) is 2.41. The number of nitrogens with zero attached hydrogens (tertiary/aromatic N) is 3. The van der Waals surface area contributed by atoms with Gasteiger partial charge in [0.05, 0.1) is 11.2 Å². The van der Waals surface area contributed by atoms with Gasteiger partial charge in [-0.15, -0.1) is 0 Å². The van der Waals surface area contributed by atoms with Gasteiger partial charge in [-0.05, 0) is 18.2 Å². The van der Waals surface area contributed by atoms with Gasteiger partial charge in [-0.3, -0.25) is 4.98 Å². The highest BCUT2D eigenvalue weighted by molar-refractivity contribution is 7.99. The Bertz CT molecular complexity index is 577. The van der Waals surface area contributed by atoms with Gasteiger partial charge in [0.1, 0.15) is 5.03 Å². The summed E-state index contributed by atoms with van der Waals surface area (Å²) < 4.78 is 0. The number of rotatable bonds is 3. The van der Waals surface area contributed by atoms with Gasteiger partial charge in [0.25, 0.3) is 0 Å². The van der Waals surface area contributed by atoms with Crippen molar-refractivity contribution in [2.75, 3.05) is 0 Å². The zero-order valence-electron chi connectivity index (χ0n) is 9.12. The fourth-order valence-electron chi connectivity index (χ4n) is 1.25. The Morgan fingerprint density at radius 1 is 1.39 bits per heavy atom. The first kappa shape index (κ1) is 12.7. The lowest BCUT2D eigenvalue weighted by molar-refractivity contribution is 0.318. The molecule has 5 nitrogen and oxygen atoms in total. The van der Waals surface area contributed by atoms with Crippen molar-refractivity contribution in [2.24, 2.45) is 10.9 Å². The molecule has 92 valence electrons. The van der Waals surface area contributed by atoms with Gasteiger partial charge in [0.2, 0.25) is 0 Å². The molecule has 2 aromatic rings. The summed E-state index contributed by atoms with van der Waals surface area (Å²) in [6.07, 6.45) is 4.87.